The number of nitrogens with zero attached hydrogens (tertiary/aromatic N) is 1. The summed E-state index contributed by atoms with van der Waals surface area (Å²) in [7, 11) is 0. The van der Waals surface area contributed by atoms with Crippen LogP contribution in [-0.4, -0.2) is 43.5 Å². The van der Waals surface area contributed by atoms with Crippen molar-refractivity contribution in [3.63, 3.8) is 0 Å². The van der Waals surface area contributed by atoms with Crippen LogP contribution < -0.4 is 11.1 Å². The van der Waals surface area contributed by atoms with Gasteiger partial charge in [-0.1, -0.05) is 26.7 Å². The Bertz CT molecular complexity index is 241. The van der Waals surface area contributed by atoms with Gasteiger partial charge in [0.15, 0.2) is 0 Å². The first kappa shape index (κ1) is 15.4. The highest BCUT2D eigenvalue weighted by Gasteiger charge is 2.26. The second-order valence-electron chi connectivity index (χ2n) is 5.36. The summed E-state index contributed by atoms with van der Waals surface area (Å²) in [5, 5.41) is 2.91. The molecule has 1 unspecified atom stereocenters. The molecule has 1 aliphatic heterocycles. The first-order chi connectivity index (χ1) is 8.71. The predicted molar refractivity (Wildman–Crippen MR) is 75.3 cm³/mol. The van der Waals surface area contributed by atoms with Crippen LogP contribution in [0.1, 0.15) is 39.5 Å². The van der Waals surface area contributed by atoms with Crippen molar-refractivity contribution < 1.29 is 4.79 Å². The molecule has 0 saturated carbocycles. The molecule has 1 heterocycles. The number of hydrogen-bond acceptors (Lipinski definition) is 3. The van der Waals surface area contributed by atoms with E-state index < -0.39 is 0 Å². The van der Waals surface area contributed by atoms with Gasteiger partial charge in [-0.25, -0.2) is 0 Å². The van der Waals surface area contributed by atoms with Crippen molar-refractivity contribution in [2.24, 2.45) is 17.6 Å². The van der Waals surface area contributed by atoms with Crippen LogP contribution in [0.2, 0.25) is 0 Å². The number of nitrogens with two attached hydrogens (primary N) is 1. The molecule has 1 rings (SSSR count). The monoisotopic (exact) mass is 255 g/mol. The molecule has 4 heteroatoms. The number of rotatable bonds is 7. The number of nitrogens with one attached hydrogen (secondary N) is 1. The van der Waals surface area contributed by atoms with E-state index in [1.165, 1.54) is 12.8 Å². The van der Waals surface area contributed by atoms with Gasteiger partial charge >= 0.3 is 0 Å². The molecule has 1 atom stereocenters. The minimum atomic E-state index is 0.166. The van der Waals surface area contributed by atoms with Gasteiger partial charge in [-0.05, 0) is 25.3 Å². The third-order valence-corrected chi connectivity index (χ3v) is 3.99. The zero-order valence-electron chi connectivity index (χ0n) is 12.0. The summed E-state index contributed by atoms with van der Waals surface area (Å²) in [6.07, 6.45) is 4.63. The van der Waals surface area contributed by atoms with Gasteiger partial charge in [0.05, 0.1) is 5.92 Å². The van der Waals surface area contributed by atoms with Crippen LogP contribution in [0.25, 0.3) is 0 Å². The van der Waals surface area contributed by atoms with Gasteiger partial charge in [-0.15, -0.1) is 0 Å². The fourth-order valence-electron chi connectivity index (χ4n) is 2.69. The second kappa shape index (κ2) is 8.48. The van der Waals surface area contributed by atoms with Crippen LogP contribution in [-0.2, 0) is 4.79 Å². The SMILES string of the molecule is CCC(CC)CN1CCCC(C(=O)NCCN)C1. The number of amides is 1. The van der Waals surface area contributed by atoms with Gasteiger partial charge in [0.25, 0.3) is 0 Å². The van der Waals surface area contributed by atoms with E-state index in [-0.39, 0.29) is 11.8 Å². The van der Waals surface area contributed by atoms with Gasteiger partial charge < -0.3 is 16.0 Å². The molecule has 1 fully saturated rings. The average molecular weight is 255 g/mol. The largest absolute Gasteiger partial charge is 0.355 e. The summed E-state index contributed by atoms with van der Waals surface area (Å²) >= 11 is 0. The minimum absolute atomic E-state index is 0.166. The lowest BCUT2D eigenvalue weighted by molar-refractivity contribution is -0.126. The molecule has 18 heavy (non-hydrogen) atoms. The summed E-state index contributed by atoms with van der Waals surface area (Å²) in [5.74, 6) is 1.13. The van der Waals surface area contributed by atoms with Crippen molar-refractivity contribution >= 4 is 5.91 Å². The molecular formula is C14H29N3O. The first-order valence-corrected chi connectivity index (χ1v) is 7.41. The van der Waals surface area contributed by atoms with Gasteiger partial charge in [0.2, 0.25) is 5.91 Å². The van der Waals surface area contributed by atoms with Crippen LogP contribution in [0.3, 0.4) is 0 Å². The molecule has 0 bridgehead atoms. The Kier molecular flexibility index (Phi) is 7.28. The molecular weight excluding hydrogens is 226 g/mol. The van der Waals surface area contributed by atoms with Crippen molar-refractivity contribution in [1.29, 1.82) is 0 Å². The minimum Gasteiger partial charge on any atom is -0.355 e. The third kappa shape index (κ3) is 4.94. The maximum atomic E-state index is 11.9. The summed E-state index contributed by atoms with van der Waals surface area (Å²) in [4.78, 5) is 14.4. The smallest absolute Gasteiger partial charge is 0.224 e. The lowest BCUT2D eigenvalue weighted by atomic mass is 9.95. The molecule has 0 aromatic rings. The molecule has 4 nitrogen and oxygen atoms in total. The predicted octanol–water partition coefficient (Wildman–Crippen LogP) is 1.21. The molecule has 1 aliphatic rings. The van der Waals surface area contributed by atoms with Crippen molar-refractivity contribution in [2.45, 2.75) is 39.5 Å². The maximum Gasteiger partial charge on any atom is 0.224 e. The number of hydrogen-bond donors (Lipinski definition) is 2. The first-order valence-electron chi connectivity index (χ1n) is 7.41. The zero-order valence-corrected chi connectivity index (χ0v) is 12.0. The van der Waals surface area contributed by atoms with Crippen molar-refractivity contribution in [1.82, 2.24) is 10.2 Å². The number of carbonyl (C=O) groups is 1. The Morgan fingerprint density at radius 2 is 2.17 bits per heavy atom. The van der Waals surface area contributed by atoms with E-state index in [0.717, 1.165) is 38.4 Å². The fourth-order valence-corrected chi connectivity index (χ4v) is 2.69. The summed E-state index contributed by atoms with van der Waals surface area (Å²) in [6, 6.07) is 0. The third-order valence-electron chi connectivity index (χ3n) is 3.99. The van der Waals surface area contributed by atoms with Crippen molar-refractivity contribution in [3.05, 3.63) is 0 Å². The molecule has 0 radical (unpaired) electrons. The lowest BCUT2D eigenvalue weighted by Gasteiger charge is -2.34. The van der Waals surface area contributed by atoms with Crippen LogP contribution in [0, 0.1) is 11.8 Å². The van der Waals surface area contributed by atoms with E-state index in [2.05, 4.69) is 24.1 Å². The summed E-state index contributed by atoms with van der Waals surface area (Å²) in [6.45, 7) is 8.85. The summed E-state index contributed by atoms with van der Waals surface area (Å²) < 4.78 is 0. The highest BCUT2D eigenvalue weighted by atomic mass is 16.1. The fraction of sp³-hybridized carbons (Fsp3) is 0.929. The van der Waals surface area contributed by atoms with Gasteiger partial charge in [-0.2, -0.15) is 0 Å². The zero-order chi connectivity index (χ0) is 13.4. The van der Waals surface area contributed by atoms with E-state index in [4.69, 9.17) is 5.73 Å². The standard InChI is InChI=1S/C14H29N3O/c1-3-12(4-2)10-17-9-5-6-13(11-17)14(18)16-8-7-15/h12-13H,3-11,15H2,1-2H3,(H,16,18). The van der Waals surface area contributed by atoms with Gasteiger partial charge in [-0.3, -0.25) is 4.79 Å². The van der Waals surface area contributed by atoms with E-state index in [1.54, 1.807) is 0 Å². The summed E-state index contributed by atoms with van der Waals surface area (Å²) in [5.41, 5.74) is 5.41. The second-order valence-corrected chi connectivity index (χ2v) is 5.36. The van der Waals surface area contributed by atoms with Crippen LogP contribution >= 0.6 is 0 Å². The normalized spacial score (nSPS) is 21.2. The van der Waals surface area contributed by atoms with E-state index in [0.29, 0.717) is 13.1 Å². The van der Waals surface area contributed by atoms with Crippen molar-refractivity contribution in [3.8, 4) is 0 Å². The van der Waals surface area contributed by atoms with Crippen LogP contribution in [0.5, 0.6) is 0 Å². The van der Waals surface area contributed by atoms with E-state index in [9.17, 15) is 4.79 Å². The maximum absolute atomic E-state index is 11.9. The molecule has 0 spiro atoms. The highest BCUT2D eigenvalue weighted by Crippen LogP contribution is 2.19. The molecule has 1 amide bonds. The Labute approximate surface area is 111 Å². The topological polar surface area (TPSA) is 58.4 Å². The highest BCUT2D eigenvalue weighted by molar-refractivity contribution is 5.78. The number of likely N-dealkylation sites (tertiary alicyclic amines) is 1. The Morgan fingerprint density at radius 3 is 2.78 bits per heavy atom. The molecule has 0 aliphatic carbocycles. The number of carbonyl (C=O) groups excluding carboxylic acids is 1. The Hall–Kier alpha value is -0.610. The quantitative estimate of drug-likeness (QED) is 0.719. The van der Waals surface area contributed by atoms with Gasteiger partial charge in [0.1, 0.15) is 0 Å². The van der Waals surface area contributed by atoms with Gasteiger partial charge in [0, 0.05) is 26.2 Å². The average Bonchev–Trinajstić information content (AvgIpc) is 2.42. The lowest BCUT2D eigenvalue weighted by Crippen LogP contribution is -2.45. The van der Waals surface area contributed by atoms with E-state index in [1.807, 2.05) is 0 Å². The Balaban J connectivity index is 2.38. The Morgan fingerprint density at radius 1 is 1.44 bits per heavy atom. The molecule has 0 aromatic heterocycles. The van der Waals surface area contributed by atoms with Crippen LogP contribution in [0.4, 0.5) is 0 Å². The molecule has 106 valence electrons. The molecule has 3 N–H and O–H groups in total. The molecule has 0 aromatic carbocycles. The number of piperidine rings is 1. The molecule has 1 saturated heterocycles. The van der Waals surface area contributed by atoms with E-state index >= 15 is 0 Å². The van der Waals surface area contributed by atoms with Crippen molar-refractivity contribution in [2.75, 3.05) is 32.7 Å². The van der Waals surface area contributed by atoms with Crippen LogP contribution in [0.15, 0.2) is 0 Å².